The third-order valence-corrected chi connectivity index (χ3v) is 7.49. The van der Waals surface area contributed by atoms with Crippen LogP contribution in [0.25, 0.3) is 10.9 Å². The number of hydrogen-bond acceptors (Lipinski definition) is 3. The maximum atomic E-state index is 13.9. The van der Waals surface area contributed by atoms with Gasteiger partial charge in [-0.05, 0) is 55.9 Å². The fraction of sp³-hybridized carbons (Fsp3) is 0.458. The van der Waals surface area contributed by atoms with Crippen molar-refractivity contribution < 1.29 is 14.0 Å². The monoisotopic (exact) mass is 435 g/mol. The van der Waals surface area contributed by atoms with Crippen molar-refractivity contribution in [3.63, 3.8) is 0 Å². The van der Waals surface area contributed by atoms with Gasteiger partial charge in [0.15, 0.2) is 5.69 Å². The molecule has 8 heteroatoms. The fourth-order valence-corrected chi connectivity index (χ4v) is 5.54. The molecule has 0 radical (unpaired) electrons. The minimum Gasteiger partial charge on any atom is -0.350 e. The molecule has 1 spiro atoms. The van der Waals surface area contributed by atoms with E-state index in [4.69, 9.17) is 0 Å². The number of nitrogens with zero attached hydrogens (tertiary/aromatic N) is 3. The van der Waals surface area contributed by atoms with E-state index in [2.05, 4.69) is 15.2 Å². The van der Waals surface area contributed by atoms with Crippen molar-refractivity contribution in [2.75, 3.05) is 13.1 Å². The van der Waals surface area contributed by atoms with Crippen molar-refractivity contribution in [1.29, 1.82) is 0 Å². The molecule has 1 saturated heterocycles. The quantitative estimate of drug-likeness (QED) is 0.660. The number of carbonyl (C=O) groups is 2. The number of halogens is 1. The van der Waals surface area contributed by atoms with Gasteiger partial charge in [-0.15, -0.1) is 0 Å². The van der Waals surface area contributed by atoms with Crippen LogP contribution in [0, 0.1) is 5.82 Å². The van der Waals surface area contributed by atoms with Crippen molar-refractivity contribution >= 4 is 22.7 Å². The Morgan fingerprint density at radius 3 is 2.78 bits per heavy atom. The number of hydrogen-bond donors (Lipinski definition) is 2. The predicted molar refractivity (Wildman–Crippen MR) is 117 cm³/mol. The average Bonchev–Trinajstić information content (AvgIpc) is 3.14. The summed E-state index contributed by atoms with van der Waals surface area (Å²) in [5.41, 5.74) is 4.23. The van der Waals surface area contributed by atoms with Gasteiger partial charge in [0.2, 0.25) is 0 Å². The summed E-state index contributed by atoms with van der Waals surface area (Å²) >= 11 is 0. The largest absolute Gasteiger partial charge is 0.350 e. The number of H-pyrrole nitrogens is 2. The van der Waals surface area contributed by atoms with Crippen LogP contribution in [0.5, 0.6) is 0 Å². The van der Waals surface area contributed by atoms with E-state index >= 15 is 0 Å². The maximum absolute atomic E-state index is 13.9. The van der Waals surface area contributed by atoms with Crippen LogP contribution in [0.2, 0.25) is 0 Å². The number of amides is 2. The van der Waals surface area contributed by atoms with Crippen LogP contribution in [-0.4, -0.2) is 55.4 Å². The van der Waals surface area contributed by atoms with E-state index in [9.17, 15) is 14.0 Å². The third-order valence-electron chi connectivity index (χ3n) is 7.49. The van der Waals surface area contributed by atoms with Gasteiger partial charge in [-0.1, -0.05) is 6.92 Å². The van der Waals surface area contributed by atoms with Crippen LogP contribution in [0.15, 0.2) is 18.2 Å². The molecule has 32 heavy (non-hydrogen) atoms. The molecule has 6 rings (SSSR count). The first-order chi connectivity index (χ1) is 15.5. The second-order valence-electron chi connectivity index (χ2n) is 9.35. The lowest BCUT2D eigenvalue weighted by atomic mass is 10.0. The van der Waals surface area contributed by atoms with E-state index < -0.39 is 0 Å². The molecule has 1 aromatic carbocycles. The molecule has 1 saturated carbocycles. The SMILES string of the molecule is CCc1cc(F)cc2[nH]c(C(=O)N3CCc4[nH]nc(C(=O)N5CCCC56CC6)c4C3)cc12. The van der Waals surface area contributed by atoms with Crippen LogP contribution >= 0.6 is 0 Å². The zero-order valence-electron chi connectivity index (χ0n) is 18.1. The number of benzene rings is 1. The minimum atomic E-state index is -0.310. The number of rotatable bonds is 3. The van der Waals surface area contributed by atoms with Crippen molar-refractivity contribution in [2.24, 2.45) is 0 Å². The van der Waals surface area contributed by atoms with E-state index in [-0.39, 0.29) is 23.2 Å². The van der Waals surface area contributed by atoms with Crippen molar-refractivity contribution in [1.82, 2.24) is 25.0 Å². The normalized spacial score (nSPS) is 19.1. The lowest BCUT2D eigenvalue weighted by Crippen LogP contribution is -2.39. The predicted octanol–water partition coefficient (Wildman–Crippen LogP) is 3.56. The van der Waals surface area contributed by atoms with Crippen LogP contribution in [0.1, 0.15) is 70.4 Å². The van der Waals surface area contributed by atoms with Gasteiger partial charge < -0.3 is 14.8 Å². The number of nitrogens with one attached hydrogen (secondary N) is 2. The number of aromatic nitrogens is 3. The molecule has 3 aliphatic rings. The van der Waals surface area contributed by atoms with E-state index in [1.54, 1.807) is 4.90 Å². The molecule has 0 unspecified atom stereocenters. The topological polar surface area (TPSA) is 85.1 Å². The molecular weight excluding hydrogens is 409 g/mol. The van der Waals surface area contributed by atoms with E-state index in [1.807, 2.05) is 17.9 Å². The lowest BCUT2D eigenvalue weighted by molar-refractivity contribution is 0.0690. The molecule has 0 atom stereocenters. The first-order valence-electron chi connectivity index (χ1n) is 11.5. The van der Waals surface area contributed by atoms with E-state index in [0.29, 0.717) is 42.8 Å². The van der Waals surface area contributed by atoms with Gasteiger partial charge in [-0.25, -0.2) is 4.39 Å². The molecule has 166 valence electrons. The summed E-state index contributed by atoms with van der Waals surface area (Å²) < 4.78 is 13.9. The summed E-state index contributed by atoms with van der Waals surface area (Å²) in [6.45, 7) is 3.64. The van der Waals surface area contributed by atoms with Gasteiger partial charge in [-0.3, -0.25) is 14.7 Å². The Morgan fingerprint density at radius 1 is 1.16 bits per heavy atom. The Bertz CT molecular complexity index is 1250. The molecule has 2 fully saturated rings. The van der Waals surface area contributed by atoms with Gasteiger partial charge in [0.05, 0.1) is 6.54 Å². The zero-order chi connectivity index (χ0) is 22.0. The zero-order valence-corrected chi connectivity index (χ0v) is 18.1. The highest BCUT2D eigenvalue weighted by Crippen LogP contribution is 2.50. The molecule has 2 aliphatic heterocycles. The number of aryl methyl sites for hydroxylation is 1. The number of aromatic amines is 2. The summed E-state index contributed by atoms with van der Waals surface area (Å²) in [7, 11) is 0. The summed E-state index contributed by atoms with van der Waals surface area (Å²) in [5.74, 6) is -0.469. The van der Waals surface area contributed by atoms with E-state index in [0.717, 1.165) is 54.4 Å². The number of carbonyl (C=O) groups excluding carboxylic acids is 2. The Hall–Kier alpha value is -3.16. The summed E-state index contributed by atoms with van der Waals surface area (Å²) in [4.78, 5) is 33.5. The van der Waals surface area contributed by atoms with Gasteiger partial charge >= 0.3 is 0 Å². The Kier molecular flexibility index (Phi) is 4.22. The summed E-state index contributed by atoms with van der Waals surface area (Å²) in [6, 6.07) is 4.76. The van der Waals surface area contributed by atoms with Crippen molar-refractivity contribution in [3.05, 3.63) is 52.2 Å². The Labute approximate surface area is 185 Å². The third kappa shape index (κ3) is 2.88. The van der Waals surface area contributed by atoms with Gasteiger partial charge in [0, 0.05) is 47.2 Å². The van der Waals surface area contributed by atoms with Gasteiger partial charge in [0.1, 0.15) is 11.5 Å². The first-order valence-corrected chi connectivity index (χ1v) is 11.5. The molecular formula is C24H26FN5O2. The van der Waals surface area contributed by atoms with Crippen LogP contribution in [0.4, 0.5) is 4.39 Å². The Morgan fingerprint density at radius 2 is 2.00 bits per heavy atom. The molecule has 2 N–H and O–H groups in total. The standard InChI is InChI=1S/C24H26FN5O2/c1-2-14-10-15(25)11-19-16(14)12-20(26-19)22(31)29-9-4-18-17(13-29)21(28-27-18)23(32)30-8-3-5-24(30)6-7-24/h10-12,26H,2-9,13H2,1H3,(H,27,28). The molecule has 0 bridgehead atoms. The second-order valence-corrected chi connectivity index (χ2v) is 9.35. The average molecular weight is 436 g/mol. The number of likely N-dealkylation sites (tertiary alicyclic amines) is 1. The van der Waals surface area contributed by atoms with E-state index in [1.165, 1.54) is 12.1 Å². The molecule has 4 heterocycles. The first kappa shape index (κ1) is 19.5. The molecule has 2 amide bonds. The van der Waals surface area contributed by atoms with Gasteiger partial charge in [-0.2, -0.15) is 5.10 Å². The van der Waals surface area contributed by atoms with Crippen molar-refractivity contribution in [3.8, 4) is 0 Å². The summed E-state index contributed by atoms with van der Waals surface area (Å²) in [6.07, 6.45) is 5.60. The second kappa shape index (κ2) is 6.92. The Balaban J connectivity index is 1.28. The molecule has 3 aromatic rings. The van der Waals surface area contributed by atoms with Crippen LogP contribution in [0.3, 0.4) is 0 Å². The highest BCUT2D eigenvalue weighted by atomic mass is 19.1. The molecule has 1 aliphatic carbocycles. The van der Waals surface area contributed by atoms with Gasteiger partial charge in [0.25, 0.3) is 11.8 Å². The minimum absolute atomic E-state index is 0.0135. The highest BCUT2D eigenvalue weighted by molar-refractivity contribution is 5.99. The van der Waals surface area contributed by atoms with Crippen LogP contribution in [-0.2, 0) is 19.4 Å². The van der Waals surface area contributed by atoms with Crippen molar-refractivity contribution in [2.45, 2.75) is 57.5 Å². The molecule has 7 nitrogen and oxygen atoms in total. The van der Waals surface area contributed by atoms with Crippen LogP contribution < -0.4 is 0 Å². The summed E-state index contributed by atoms with van der Waals surface area (Å²) in [5, 5.41) is 8.27. The lowest BCUT2D eigenvalue weighted by Gasteiger charge is -2.28. The number of fused-ring (bicyclic) bond motifs is 2. The molecule has 2 aromatic heterocycles. The smallest absolute Gasteiger partial charge is 0.275 e. The fourth-order valence-electron chi connectivity index (χ4n) is 5.54. The highest BCUT2D eigenvalue weighted by Gasteiger charge is 2.53. The maximum Gasteiger partial charge on any atom is 0.275 e.